The molecule has 134 valence electrons. The molecule has 2 aromatic rings. The van der Waals surface area contributed by atoms with Gasteiger partial charge in [0.2, 0.25) is 0 Å². The molecular formula is C22H24N2O2. The Morgan fingerprint density at radius 2 is 2.08 bits per heavy atom. The van der Waals surface area contributed by atoms with Gasteiger partial charge in [0.05, 0.1) is 24.3 Å². The molecule has 4 nitrogen and oxygen atoms in total. The van der Waals surface area contributed by atoms with Crippen molar-refractivity contribution in [2.24, 2.45) is 11.8 Å². The second kappa shape index (κ2) is 6.75. The molecule has 1 N–H and O–H groups in total. The first-order valence-electron chi connectivity index (χ1n) is 9.20. The molecule has 0 amide bonds. The number of aliphatic hydroxyl groups is 1. The van der Waals surface area contributed by atoms with Gasteiger partial charge in [-0.1, -0.05) is 24.3 Å². The fourth-order valence-corrected chi connectivity index (χ4v) is 4.76. The molecule has 0 aromatic heterocycles. The molecule has 4 heteroatoms. The number of fused-ring (bicyclic) bond motifs is 1. The fourth-order valence-electron chi connectivity index (χ4n) is 4.76. The van der Waals surface area contributed by atoms with E-state index in [9.17, 15) is 5.11 Å². The number of hydrogen-bond donors (Lipinski definition) is 1. The molecule has 1 heterocycles. The molecule has 26 heavy (non-hydrogen) atoms. The van der Waals surface area contributed by atoms with E-state index in [4.69, 9.17) is 10.00 Å². The van der Waals surface area contributed by atoms with Crippen molar-refractivity contribution in [1.29, 1.82) is 5.26 Å². The zero-order valence-electron chi connectivity index (χ0n) is 15.1. The van der Waals surface area contributed by atoms with E-state index in [0.29, 0.717) is 11.5 Å². The molecule has 4 rings (SSSR count). The fraction of sp³-hybridized carbons (Fsp3) is 0.409. The Morgan fingerprint density at radius 3 is 2.88 bits per heavy atom. The lowest BCUT2D eigenvalue weighted by Gasteiger charge is -2.31. The van der Waals surface area contributed by atoms with E-state index >= 15 is 0 Å². The Bertz CT molecular complexity index is 844. The quantitative estimate of drug-likeness (QED) is 0.921. The Hall–Kier alpha value is -2.35. The van der Waals surface area contributed by atoms with Gasteiger partial charge in [0.25, 0.3) is 0 Å². The van der Waals surface area contributed by atoms with Crippen molar-refractivity contribution in [3.63, 3.8) is 0 Å². The van der Waals surface area contributed by atoms with Crippen LogP contribution in [0.25, 0.3) is 0 Å². The third kappa shape index (κ3) is 2.98. The number of nitriles is 1. The van der Waals surface area contributed by atoms with Crippen molar-refractivity contribution < 1.29 is 9.84 Å². The van der Waals surface area contributed by atoms with E-state index in [1.165, 1.54) is 0 Å². The van der Waals surface area contributed by atoms with Crippen LogP contribution in [0.5, 0.6) is 5.75 Å². The van der Waals surface area contributed by atoms with Gasteiger partial charge in [-0.2, -0.15) is 5.26 Å². The molecule has 0 radical (unpaired) electrons. The largest absolute Gasteiger partial charge is 0.497 e. The third-order valence-electron chi connectivity index (χ3n) is 6.06. The SMILES string of the molecule is COc1cccc([C@]2(O)CC[C@H]3CN(Cc4cccc(C#N)c4)C[C@H]32)c1. The minimum absolute atomic E-state index is 0.244. The van der Waals surface area contributed by atoms with E-state index in [1.54, 1.807) is 7.11 Å². The summed E-state index contributed by atoms with van der Waals surface area (Å²) in [6.07, 6.45) is 1.86. The average Bonchev–Trinajstić information content (AvgIpc) is 3.22. The van der Waals surface area contributed by atoms with Gasteiger partial charge in [-0.25, -0.2) is 0 Å². The molecule has 1 aliphatic heterocycles. The average molecular weight is 348 g/mol. The van der Waals surface area contributed by atoms with Crippen molar-refractivity contribution in [2.75, 3.05) is 20.2 Å². The third-order valence-corrected chi connectivity index (χ3v) is 6.06. The zero-order valence-corrected chi connectivity index (χ0v) is 15.1. The van der Waals surface area contributed by atoms with Crippen LogP contribution in [0.2, 0.25) is 0 Å². The van der Waals surface area contributed by atoms with Crippen LogP contribution in [0, 0.1) is 23.2 Å². The van der Waals surface area contributed by atoms with E-state index in [1.807, 2.05) is 42.5 Å². The second-order valence-corrected chi connectivity index (χ2v) is 7.57. The summed E-state index contributed by atoms with van der Waals surface area (Å²) in [5.41, 5.74) is 2.06. The van der Waals surface area contributed by atoms with E-state index in [-0.39, 0.29) is 5.92 Å². The lowest BCUT2D eigenvalue weighted by Crippen LogP contribution is -2.34. The summed E-state index contributed by atoms with van der Waals surface area (Å²) >= 11 is 0. The molecule has 2 aromatic carbocycles. The lowest BCUT2D eigenvalue weighted by atomic mass is 9.82. The number of hydrogen-bond acceptors (Lipinski definition) is 4. The summed E-state index contributed by atoms with van der Waals surface area (Å²) in [7, 11) is 1.66. The highest BCUT2D eigenvalue weighted by molar-refractivity contribution is 5.35. The zero-order chi connectivity index (χ0) is 18.1. The monoisotopic (exact) mass is 348 g/mol. The van der Waals surface area contributed by atoms with Crippen molar-refractivity contribution >= 4 is 0 Å². The first-order valence-corrected chi connectivity index (χ1v) is 9.20. The molecular weight excluding hydrogens is 324 g/mol. The van der Waals surface area contributed by atoms with E-state index in [2.05, 4.69) is 17.0 Å². The Labute approximate surface area is 154 Å². The van der Waals surface area contributed by atoms with Crippen LogP contribution < -0.4 is 4.74 Å². The van der Waals surface area contributed by atoms with Gasteiger partial charge in [0, 0.05) is 25.6 Å². The van der Waals surface area contributed by atoms with Crippen molar-refractivity contribution in [3.05, 3.63) is 65.2 Å². The van der Waals surface area contributed by atoms with E-state index in [0.717, 1.165) is 49.4 Å². The first-order chi connectivity index (χ1) is 12.6. The van der Waals surface area contributed by atoms with Gasteiger partial charge in [0.15, 0.2) is 0 Å². The van der Waals surface area contributed by atoms with Gasteiger partial charge in [-0.15, -0.1) is 0 Å². The first kappa shape index (κ1) is 17.1. The van der Waals surface area contributed by atoms with Gasteiger partial charge >= 0.3 is 0 Å². The Morgan fingerprint density at radius 1 is 1.23 bits per heavy atom. The number of likely N-dealkylation sites (tertiary alicyclic amines) is 1. The van der Waals surface area contributed by atoms with Crippen LogP contribution in [0.1, 0.15) is 29.5 Å². The summed E-state index contributed by atoms with van der Waals surface area (Å²) in [6, 6.07) is 17.9. The predicted molar refractivity (Wildman–Crippen MR) is 99.5 cm³/mol. The molecule has 0 spiro atoms. The number of rotatable bonds is 4. The molecule has 2 fully saturated rings. The number of nitrogens with zero attached hydrogens (tertiary/aromatic N) is 2. The molecule has 3 atom stereocenters. The lowest BCUT2D eigenvalue weighted by molar-refractivity contribution is -0.00699. The summed E-state index contributed by atoms with van der Waals surface area (Å²) in [5.74, 6) is 1.56. The smallest absolute Gasteiger partial charge is 0.119 e. The summed E-state index contributed by atoms with van der Waals surface area (Å²) < 4.78 is 5.34. The Balaban J connectivity index is 1.52. The number of methoxy groups -OCH3 is 1. The highest BCUT2D eigenvalue weighted by atomic mass is 16.5. The normalized spacial score (nSPS) is 27.9. The highest BCUT2D eigenvalue weighted by Crippen LogP contribution is 2.51. The molecule has 0 bridgehead atoms. The molecule has 0 unspecified atom stereocenters. The van der Waals surface area contributed by atoms with E-state index < -0.39 is 5.60 Å². The molecule has 1 saturated carbocycles. The predicted octanol–water partition coefficient (Wildman–Crippen LogP) is 3.30. The van der Waals surface area contributed by atoms with Gasteiger partial charge in [-0.3, -0.25) is 4.90 Å². The van der Waals surface area contributed by atoms with Crippen LogP contribution in [0.15, 0.2) is 48.5 Å². The second-order valence-electron chi connectivity index (χ2n) is 7.57. The highest BCUT2D eigenvalue weighted by Gasteiger charge is 2.52. The van der Waals surface area contributed by atoms with Crippen LogP contribution in [-0.2, 0) is 12.1 Å². The number of benzene rings is 2. The van der Waals surface area contributed by atoms with Crippen molar-refractivity contribution in [1.82, 2.24) is 4.90 Å². The summed E-state index contributed by atoms with van der Waals surface area (Å²) in [5, 5.41) is 20.6. The Kier molecular flexibility index (Phi) is 4.44. The summed E-state index contributed by atoms with van der Waals surface area (Å²) in [4.78, 5) is 2.41. The summed E-state index contributed by atoms with van der Waals surface area (Å²) in [6.45, 7) is 2.72. The minimum Gasteiger partial charge on any atom is -0.497 e. The molecule has 1 saturated heterocycles. The maximum absolute atomic E-state index is 11.5. The van der Waals surface area contributed by atoms with Crippen molar-refractivity contribution in [2.45, 2.75) is 25.0 Å². The molecule has 1 aliphatic carbocycles. The topological polar surface area (TPSA) is 56.5 Å². The maximum Gasteiger partial charge on any atom is 0.119 e. The van der Waals surface area contributed by atoms with Gasteiger partial charge in [0.1, 0.15) is 5.75 Å². The standard InChI is InChI=1S/C22H24N2O2/c1-26-20-7-3-6-19(11-20)22(25)9-8-18-14-24(15-21(18)22)13-17-5-2-4-16(10-17)12-23/h2-7,10-11,18,21,25H,8-9,13-15H2,1H3/t18-,21+,22+/m0/s1. The van der Waals surface area contributed by atoms with Crippen LogP contribution in [0.3, 0.4) is 0 Å². The van der Waals surface area contributed by atoms with Crippen molar-refractivity contribution in [3.8, 4) is 11.8 Å². The maximum atomic E-state index is 11.5. The van der Waals surface area contributed by atoms with Crippen LogP contribution in [0.4, 0.5) is 0 Å². The van der Waals surface area contributed by atoms with Crippen LogP contribution >= 0.6 is 0 Å². The van der Waals surface area contributed by atoms with Crippen LogP contribution in [-0.4, -0.2) is 30.2 Å². The van der Waals surface area contributed by atoms with Gasteiger partial charge < -0.3 is 9.84 Å². The minimum atomic E-state index is -0.775. The van der Waals surface area contributed by atoms with Gasteiger partial charge in [-0.05, 0) is 54.2 Å². The number of ether oxygens (including phenoxy) is 1. The molecule has 2 aliphatic rings.